The molecule has 28 heavy (non-hydrogen) atoms. The van der Waals surface area contributed by atoms with Gasteiger partial charge in [0.25, 0.3) is 5.91 Å². The molecule has 0 bridgehead atoms. The zero-order valence-electron chi connectivity index (χ0n) is 16.4. The van der Waals surface area contributed by atoms with Crippen LogP contribution in [0, 0.1) is 5.92 Å². The SMILES string of the molecule is COCC(=O)Nc1ccc(NC(=O)c2cn(CC(C)C)c3ccccc23)cc1. The summed E-state index contributed by atoms with van der Waals surface area (Å²) in [6.07, 6.45) is 1.92. The highest BCUT2D eigenvalue weighted by molar-refractivity contribution is 6.13. The molecule has 0 saturated heterocycles. The number of aromatic nitrogens is 1. The number of carbonyl (C=O) groups is 2. The highest BCUT2D eigenvalue weighted by Crippen LogP contribution is 2.24. The van der Waals surface area contributed by atoms with Crippen molar-refractivity contribution < 1.29 is 14.3 Å². The van der Waals surface area contributed by atoms with Gasteiger partial charge in [0, 0.05) is 42.1 Å². The molecule has 6 heteroatoms. The van der Waals surface area contributed by atoms with Crippen molar-refractivity contribution in [3.8, 4) is 0 Å². The fourth-order valence-electron chi connectivity index (χ4n) is 3.14. The Kier molecular flexibility index (Phi) is 6.11. The number of anilines is 2. The second-order valence-electron chi connectivity index (χ2n) is 7.12. The van der Waals surface area contributed by atoms with Crippen molar-refractivity contribution in [1.29, 1.82) is 0 Å². The zero-order valence-corrected chi connectivity index (χ0v) is 16.4. The second-order valence-corrected chi connectivity index (χ2v) is 7.12. The lowest BCUT2D eigenvalue weighted by Gasteiger charge is -2.08. The largest absolute Gasteiger partial charge is 0.375 e. The molecule has 0 aliphatic rings. The molecule has 0 radical (unpaired) electrons. The van der Waals surface area contributed by atoms with Crippen molar-refractivity contribution in [2.45, 2.75) is 20.4 Å². The van der Waals surface area contributed by atoms with E-state index < -0.39 is 0 Å². The van der Waals surface area contributed by atoms with Crippen molar-refractivity contribution in [1.82, 2.24) is 4.57 Å². The molecule has 0 atom stereocenters. The number of amides is 2. The predicted octanol–water partition coefficient (Wildman–Crippen LogP) is 4.13. The smallest absolute Gasteiger partial charge is 0.257 e. The molecule has 2 aromatic carbocycles. The minimum Gasteiger partial charge on any atom is -0.375 e. The minimum absolute atomic E-state index is 0.00106. The highest BCUT2D eigenvalue weighted by Gasteiger charge is 2.15. The summed E-state index contributed by atoms with van der Waals surface area (Å²) in [6, 6.07) is 14.9. The first-order valence-electron chi connectivity index (χ1n) is 9.26. The Morgan fingerprint density at radius 2 is 1.64 bits per heavy atom. The van der Waals surface area contributed by atoms with Gasteiger partial charge >= 0.3 is 0 Å². The topological polar surface area (TPSA) is 72.4 Å². The Balaban J connectivity index is 1.77. The standard InChI is InChI=1S/C22H25N3O3/c1-15(2)12-25-13-19(18-6-4-5-7-20(18)25)22(27)24-17-10-8-16(9-11-17)23-21(26)14-28-3/h4-11,13,15H,12,14H2,1-3H3,(H,23,26)(H,24,27). The minimum atomic E-state index is -0.225. The summed E-state index contributed by atoms with van der Waals surface area (Å²) in [5.74, 6) is 0.0969. The van der Waals surface area contributed by atoms with Crippen LogP contribution in [-0.2, 0) is 16.1 Å². The van der Waals surface area contributed by atoms with Crippen LogP contribution >= 0.6 is 0 Å². The molecule has 0 spiro atoms. The lowest BCUT2D eigenvalue weighted by atomic mass is 10.1. The van der Waals surface area contributed by atoms with E-state index in [0.717, 1.165) is 17.4 Å². The number of para-hydroxylation sites is 1. The van der Waals surface area contributed by atoms with Gasteiger partial charge in [-0.1, -0.05) is 32.0 Å². The van der Waals surface area contributed by atoms with Gasteiger partial charge in [0.15, 0.2) is 0 Å². The van der Waals surface area contributed by atoms with Crippen LogP contribution in [0.2, 0.25) is 0 Å². The predicted molar refractivity (Wildman–Crippen MR) is 112 cm³/mol. The maximum absolute atomic E-state index is 12.9. The zero-order chi connectivity index (χ0) is 20.1. The van der Waals surface area contributed by atoms with Crippen LogP contribution in [0.15, 0.2) is 54.7 Å². The molecule has 1 aromatic heterocycles. The van der Waals surface area contributed by atoms with E-state index in [0.29, 0.717) is 22.9 Å². The van der Waals surface area contributed by atoms with E-state index in [-0.39, 0.29) is 18.4 Å². The van der Waals surface area contributed by atoms with Crippen molar-refractivity contribution in [2.75, 3.05) is 24.4 Å². The molecule has 0 saturated carbocycles. The Morgan fingerprint density at radius 3 is 2.29 bits per heavy atom. The number of nitrogens with one attached hydrogen (secondary N) is 2. The summed E-state index contributed by atoms with van der Waals surface area (Å²) in [5.41, 5.74) is 3.01. The molecule has 0 aliphatic carbocycles. The van der Waals surface area contributed by atoms with Crippen molar-refractivity contribution in [3.05, 3.63) is 60.3 Å². The number of benzene rings is 2. The van der Waals surface area contributed by atoms with Crippen LogP contribution in [0.4, 0.5) is 11.4 Å². The van der Waals surface area contributed by atoms with E-state index in [4.69, 9.17) is 4.74 Å². The molecule has 3 rings (SSSR count). The number of fused-ring (bicyclic) bond motifs is 1. The number of carbonyl (C=O) groups excluding carboxylic acids is 2. The van der Waals surface area contributed by atoms with E-state index in [9.17, 15) is 9.59 Å². The van der Waals surface area contributed by atoms with Gasteiger partial charge in [-0.2, -0.15) is 0 Å². The third-order valence-corrected chi connectivity index (χ3v) is 4.30. The van der Waals surface area contributed by atoms with Gasteiger partial charge in [0.2, 0.25) is 5.91 Å². The lowest BCUT2D eigenvalue weighted by Crippen LogP contribution is -2.17. The Bertz CT molecular complexity index is 974. The van der Waals surface area contributed by atoms with E-state index in [1.165, 1.54) is 7.11 Å². The summed E-state index contributed by atoms with van der Waals surface area (Å²) in [7, 11) is 1.47. The Hall–Kier alpha value is -3.12. The molecule has 0 unspecified atom stereocenters. The normalized spacial score (nSPS) is 11.0. The van der Waals surface area contributed by atoms with Gasteiger partial charge in [-0.15, -0.1) is 0 Å². The summed E-state index contributed by atoms with van der Waals surface area (Å²) in [4.78, 5) is 24.4. The molecule has 2 N–H and O–H groups in total. The van der Waals surface area contributed by atoms with Crippen LogP contribution < -0.4 is 10.6 Å². The van der Waals surface area contributed by atoms with Gasteiger partial charge in [0.1, 0.15) is 6.61 Å². The van der Waals surface area contributed by atoms with E-state index >= 15 is 0 Å². The first kappa shape index (κ1) is 19.6. The third kappa shape index (κ3) is 4.58. The first-order chi connectivity index (χ1) is 13.5. The van der Waals surface area contributed by atoms with Crippen LogP contribution in [0.25, 0.3) is 10.9 Å². The number of nitrogens with zero attached hydrogens (tertiary/aromatic N) is 1. The monoisotopic (exact) mass is 379 g/mol. The maximum atomic E-state index is 12.9. The van der Waals surface area contributed by atoms with Crippen molar-refractivity contribution in [3.63, 3.8) is 0 Å². The Labute approximate surface area is 164 Å². The second kappa shape index (κ2) is 8.71. The van der Waals surface area contributed by atoms with Crippen LogP contribution in [-0.4, -0.2) is 30.1 Å². The third-order valence-electron chi connectivity index (χ3n) is 4.30. The van der Waals surface area contributed by atoms with Crippen molar-refractivity contribution in [2.24, 2.45) is 5.92 Å². The molecule has 6 nitrogen and oxygen atoms in total. The number of rotatable bonds is 7. The molecule has 0 fully saturated rings. The van der Waals surface area contributed by atoms with Gasteiger partial charge < -0.3 is 19.9 Å². The summed E-state index contributed by atoms with van der Waals surface area (Å²) >= 11 is 0. The fourth-order valence-corrected chi connectivity index (χ4v) is 3.14. The maximum Gasteiger partial charge on any atom is 0.257 e. The van der Waals surface area contributed by atoms with Gasteiger partial charge in [-0.3, -0.25) is 9.59 Å². The quantitative estimate of drug-likeness (QED) is 0.648. The van der Waals surface area contributed by atoms with Gasteiger partial charge in [-0.25, -0.2) is 0 Å². The van der Waals surface area contributed by atoms with Crippen LogP contribution in [0.5, 0.6) is 0 Å². The molecule has 1 heterocycles. The number of ether oxygens (including phenoxy) is 1. The fraction of sp³-hybridized carbons (Fsp3) is 0.273. The van der Waals surface area contributed by atoms with Crippen molar-refractivity contribution >= 4 is 34.1 Å². The lowest BCUT2D eigenvalue weighted by molar-refractivity contribution is -0.119. The highest BCUT2D eigenvalue weighted by atomic mass is 16.5. The molecule has 146 valence electrons. The molecular weight excluding hydrogens is 354 g/mol. The average Bonchev–Trinajstić information content (AvgIpc) is 3.02. The van der Waals surface area contributed by atoms with E-state index in [2.05, 4.69) is 29.0 Å². The molecule has 3 aromatic rings. The van der Waals surface area contributed by atoms with Gasteiger partial charge in [0.05, 0.1) is 5.56 Å². The van der Waals surface area contributed by atoms with Crippen LogP contribution in [0.3, 0.4) is 0 Å². The molecular formula is C22H25N3O3. The number of hydrogen-bond donors (Lipinski definition) is 2. The van der Waals surface area contributed by atoms with Crippen LogP contribution in [0.1, 0.15) is 24.2 Å². The molecule has 2 amide bonds. The first-order valence-corrected chi connectivity index (χ1v) is 9.26. The van der Waals surface area contributed by atoms with Gasteiger partial charge in [-0.05, 0) is 36.2 Å². The molecule has 0 aliphatic heterocycles. The number of methoxy groups -OCH3 is 1. The summed E-state index contributed by atoms with van der Waals surface area (Å²) < 4.78 is 6.92. The number of hydrogen-bond acceptors (Lipinski definition) is 3. The average molecular weight is 379 g/mol. The Morgan fingerprint density at radius 1 is 1.00 bits per heavy atom. The summed E-state index contributed by atoms with van der Waals surface area (Å²) in [5, 5.41) is 6.59. The van der Waals surface area contributed by atoms with E-state index in [1.807, 2.05) is 30.5 Å². The van der Waals surface area contributed by atoms with E-state index in [1.54, 1.807) is 24.3 Å². The summed E-state index contributed by atoms with van der Waals surface area (Å²) in [6.45, 7) is 5.16.